The molecule has 2 rings (SSSR count). The topological polar surface area (TPSA) is 74.2 Å². The fourth-order valence-electron chi connectivity index (χ4n) is 3.24. The van der Waals surface area contributed by atoms with Crippen molar-refractivity contribution in [3.8, 4) is 5.75 Å². The summed E-state index contributed by atoms with van der Waals surface area (Å²) in [6, 6.07) is 14.9. The zero-order chi connectivity index (χ0) is 25.4. The number of ether oxygens (including phenoxy) is 1. The van der Waals surface area contributed by atoms with Gasteiger partial charge in [0.1, 0.15) is 17.1 Å². The van der Waals surface area contributed by atoms with Gasteiger partial charge in [-0.1, -0.05) is 47.5 Å². The van der Waals surface area contributed by atoms with Crippen molar-refractivity contribution < 1.29 is 22.7 Å². The van der Waals surface area contributed by atoms with Gasteiger partial charge in [0.2, 0.25) is 0 Å². The fraction of sp³-hybridized carbons (Fsp3) is 0.360. The van der Waals surface area contributed by atoms with Gasteiger partial charge >= 0.3 is 6.18 Å². The van der Waals surface area contributed by atoms with Crippen LogP contribution >= 0.6 is 11.6 Å². The Morgan fingerprint density at radius 2 is 1.74 bits per heavy atom. The van der Waals surface area contributed by atoms with Gasteiger partial charge in [0.05, 0.1) is 5.57 Å². The van der Waals surface area contributed by atoms with Crippen LogP contribution < -0.4 is 15.4 Å². The maximum absolute atomic E-state index is 13.0. The average molecular weight is 496 g/mol. The predicted molar refractivity (Wildman–Crippen MR) is 129 cm³/mol. The van der Waals surface area contributed by atoms with Gasteiger partial charge in [0.15, 0.2) is 0 Å². The van der Waals surface area contributed by atoms with E-state index in [1.165, 1.54) is 0 Å². The van der Waals surface area contributed by atoms with Crippen molar-refractivity contribution >= 4 is 23.2 Å². The second-order valence-corrected chi connectivity index (χ2v) is 8.61. The first kappa shape index (κ1) is 27.4. The number of rotatable bonds is 11. The van der Waals surface area contributed by atoms with Crippen LogP contribution in [0.15, 0.2) is 60.2 Å². The quantitative estimate of drug-likeness (QED) is 0.355. The molecule has 2 aromatic carbocycles. The minimum atomic E-state index is -4.77. The summed E-state index contributed by atoms with van der Waals surface area (Å²) >= 11 is 5.92. The van der Waals surface area contributed by atoms with Crippen LogP contribution in [0, 0.1) is 12.3 Å². The molecule has 1 unspecified atom stereocenters. The van der Waals surface area contributed by atoms with Gasteiger partial charge in [0, 0.05) is 31.1 Å². The summed E-state index contributed by atoms with van der Waals surface area (Å²) in [7, 11) is 0. The highest BCUT2D eigenvalue weighted by Gasteiger charge is 2.38. The summed E-state index contributed by atoms with van der Waals surface area (Å²) in [4.78, 5) is 12.2. The van der Waals surface area contributed by atoms with Crippen LogP contribution in [0.3, 0.4) is 0 Å². The minimum absolute atomic E-state index is 0.0288. The molecule has 0 aliphatic rings. The first-order valence-corrected chi connectivity index (χ1v) is 11.1. The largest absolute Gasteiger partial charge is 0.486 e. The molecule has 1 amide bonds. The number of aryl methyl sites for hydroxylation is 1. The normalized spacial score (nSPS) is 13.8. The Bertz CT molecular complexity index is 1010. The molecule has 0 bridgehead atoms. The lowest BCUT2D eigenvalue weighted by atomic mass is 10.0. The maximum atomic E-state index is 13.0. The van der Waals surface area contributed by atoms with E-state index in [4.69, 9.17) is 21.7 Å². The molecule has 184 valence electrons. The fourth-order valence-corrected chi connectivity index (χ4v) is 3.37. The molecular weight excluding hydrogens is 467 g/mol. The van der Waals surface area contributed by atoms with Gasteiger partial charge in [-0.2, -0.15) is 13.2 Å². The van der Waals surface area contributed by atoms with E-state index in [0.29, 0.717) is 36.4 Å². The summed E-state index contributed by atoms with van der Waals surface area (Å²) in [5, 5.41) is 14.0. The third-order valence-electron chi connectivity index (χ3n) is 5.16. The lowest BCUT2D eigenvalue weighted by Crippen LogP contribution is -2.46. The van der Waals surface area contributed by atoms with Crippen molar-refractivity contribution in [1.82, 2.24) is 10.6 Å². The number of alkyl halides is 3. The van der Waals surface area contributed by atoms with Crippen molar-refractivity contribution in [3.05, 3.63) is 76.3 Å². The number of benzene rings is 2. The van der Waals surface area contributed by atoms with E-state index in [1.807, 2.05) is 50.2 Å². The number of allylic oxidation sites excluding steroid dienone is 1. The Balaban J connectivity index is 2.03. The number of nitrogens with one attached hydrogen (secondary N) is 3. The molecule has 5 nitrogen and oxygen atoms in total. The zero-order valence-electron chi connectivity index (χ0n) is 19.4. The Labute approximate surface area is 202 Å². The smallest absolute Gasteiger partial charge is 0.418 e. The Kier molecular flexibility index (Phi) is 9.70. The summed E-state index contributed by atoms with van der Waals surface area (Å²) in [5.74, 6) is -0.453. The second-order valence-electron chi connectivity index (χ2n) is 8.18. The van der Waals surface area contributed by atoms with Crippen LogP contribution in [0.25, 0.3) is 0 Å². The van der Waals surface area contributed by atoms with E-state index < -0.39 is 29.0 Å². The van der Waals surface area contributed by atoms with Crippen molar-refractivity contribution in [2.75, 3.05) is 13.1 Å². The van der Waals surface area contributed by atoms with Crippen molar-refractivity contribution in [2.24, 2.45) is 0 Å². The molecule has 0 radical (unpaired) electrons. The molecule has 3 N–H and O–H groups in total. The van der Waals surface area contributed by atoms with E-state index in [-0.39, 0.29) is 6.54 Å². The number of halogens is 4. The minimum Gasteiger partial charge on any atom is -0.486 e. The number of carbonyl (C=O) groups excluding carboxylic acids is 1. The van der Waals surface area contributed by atoms with Crippen LogP contribution in [0.4, 0.5) is 13.2 Å². The van der Waals surface area contributed by atoms with Crippen LogP contribution in [0.2, 0.25) is 5.02 Å². The van der Waals surface area contributed by atoms with Crippen LogP contribution in [-0.2, 0) is 11.3 Å². The van der Waals surface area contributed by atoms with Crippen molar-refractivity contribution in [1.29, 1.82) is 5.41 Å². The van der Waals surface area contributed by atoms with Gasteiger partial charge in [-0.3, -0.25) is 10.2 Å². The molecule has 2 aromatic rings. The first-order chi connectivity index (χ1) is 15.9. The Hall–Kier alpha value is -2.84. The molecule has 0 saturated heterocycles. The lowest BCUT2D eigenvalue weighted by Gasteiger charge is -2.31. The van der Waals surface area contributed by atoms with Gasteiger partial charge in [-0.25, -0.2) is 0 Å². The Morgan fingerprint density at radius 3 is 2.29 bits per heavy atom. The van der Waals surface area contributed by atoms with E-state index >= 15 is 0 Å². The molecule has 0 saturated carbocycles. The number of amides is 1. The average Bonchev–Trinajstić information content (AvgIpc) is 2.76. The van der Waals surface area contributed by atoms with Crippen molar-refractivity contribution in [2.45, 2.75) is 45.5 Å². The SMILES string of the molecule is C/C=C(\C(=N)C(=O)NCCC(C)(CNCc1ccc(Cl)cc1)Oc1ccc(C)cc1)C(F)(F)F. The maximum Gasteiger partial charge on any atom is 0.418 e. The zero-order valence-corrected chi connectivity index (χ0v) is 20.1. The Morgan fingerprint density at radius 1 is 1.12 bits per heavy atom. The summed E-state index contributed by atoms with van der Waals surface area (Å²) < 4.78 is 45.2. The highest BCUT2D eigenvalue weighted by Crippen LogP contribution is 2.26. The monoisotopic (exact) mass is 495 g/mol. The third kappa shape index (κ3) is 8.50. The van der Waals surface area contributed by atoms with Crippen LogP contribution in [-0.4, -0.2) is 36.5 Å². The summed E-state index contributed by atoms with van der Waals surface area (Å²) in [6.45, 7) is 5.94. The number of carbonyl (C=O) groups is 1. The van der Waals surface area contributed by atoms with E-state index in [9.17, 15) is 18.0 Å². The molecular formula is C25H29ClF3N3O2. The lowest BCUT2D eigenvalue weighted by molar-refractivity contribution is -0.116. The van der Waals surface area contributed by atoms with Crippen LogP contribution in [0.1, 0.15) is 31.4 Å². The van der Waals surface area contributed by atoms with Crippen LogP contribution in [0.5, 0.6) is 5.75 Å². The molecule has 1 atom stereocenters. The summed E-state index contributed by atoms with van der Waals surface area (Å²) in [5.41, 5.74) is -1.07. The molecule has 0 fully saturated rings. The van der Waals surface area contributed by atoms with Crippen molar-refractivity contribution in [3.63, 3.8) is 0 Å². The number of hydrogen-bond acceptors (Lipinski definition) is 4. The third-order valence-corrected chi connectivity index (χ3v) is 5.41. The van der Waals surface area contributed by atoms with E-state index in [2.05, 4.69) is 10.6 Å². The molecule has 0 aliphatic carbocycles. The first-order valence-electron chi connectivity index (χ1n) is 10.7. The standard InChI is InChI=1S/C25H29ClF3N3O2/c1-4-21(25(27,28)29)22(30)23(33)32-14-13-24(3,34-20-11-5-17(2)6-12-20)16-31-15-18-7-9-19(26)10-8-18/h4-12,30-31H,13-16H2,1-3H3,(H,32,33)/b21-4+,30-22?. The highest BCUT2D eigenvalue weighted by atomic mass is 35.5. The molecule has 0 heterocycles. The van der Waals surface area contributed by atoms with Gasteiger partial charge < -0.3 is 15.4 Å². The van der Waals surface area contributed by atoms with E-state index in [1.54, 1.807) is 12.1 Å². The molecule has 34 heavy (non-hydrogen) atoms. The second kappa shape index (κ2) is 12.0. The molecule has 0 spiro atoms. The van der Waals surface area contributed by atoms with Gasteiger partial charge in [0.25, 0.3) is 5.91 Å². The molecule has 0 aromatic heterocycles. The van der Waals surface area contributed by atoms with Gasteiger partial charge in [-0.15, -0.1) is 0 Å². The van der Waals surface area contributed by atoms with Gasteiger partial charge in [-0.05, 0) is 50.6 Å². The predicted octanol–water partition coefficient (Wildman–Crippen LogP) is 5.61. The van der Waals surface area contributed by atoms with E-state index in [0.717, 1.165) is 18.1 Å². The summed E-state index contributed by atoms with van der Waals surface area (Å²) in [6.07, 6.45) is -3.75. The number of hydrogen-bond donors (Lipinski definition) is 3. The molecule has 0 aliphatic heterocycles. The molecule has 9 heteroatoms. The highest BCUT2D eigenvalue weighted by molar-refractivity contribution is 6.44.